The Hall–Kier alpha value is -2.45. The molecule has 0 aliphatic rings. The van der Waals surface area contributed by atoms with Gasteiger partial charge in [-0.2, -0.15) is 0 Å². The minimum absolute atomic E-state index is 0. The number of carboxylic acids is 1. The maximum absolute atomic E-state index is 11.1. The van der Waals surface area contributed by atoms with Gasteiger partial charge in [-0.25, -0.2) is 9.78 Å². The summed E-state index contributed by atoms with van der Waals surface area (Å²) in [5.74, 6) is -0.863. The molecule has 3 rings (SSSR count). The number of pyridine rings is 1. The van der Waals surface area contributed by atoms with Crippen molar-refractivity contribution in [1.82, 2.24) is 4.98 Å². The lowest BCUT2D eigenvalue weighted by molar-refractivity contribution is -0.146. The Morgan fingerprint density at radius 1 is 1.15 bits per heavy atom. The van der Waals surface area contributed by atoms with Gasteiger partial charge in [0.25, 0.3) is 0 Å². The van der Waals surface area contributed by atoms with E-state index < -0.39 is 18.2 Å². The summed E-state index contributed by atoms with van der Waals surface area (Å²) in [6.07, 6.45) is -2.32. The second kappa shape index (κ2) is 8.29. The van der Waals surface area contributed by atoms with Crippen LogP contribution in [0.3, 0.4) is 0 Å². The van der Waals surface area contributed by atoms with Gasteiger partial charge >= 0.3 is 5.97 Å². The zero-order valence-corrected chi connectivity index (χ0v) is 14.6. The van der Waals surface area contributed by atoms with Crippen molar-refractivity contribution in [3.05, 3.63) is 48.0 Å². The minimum Gasteiger partial charge on any atom is -0.490 e. The molecule has 138 valence electrons. The SMILES string of the molecule is Cl.NC(N)COc1ccc2nc3ccccc3cc2c1CC(O)C(=O)O. The number of rotatable bonds is 6. The number of nitrogens with two attached hydrogens (primary N) is 2. The number of aliphatic carboxylic acids is 1. The molecule has 0 aliphatic carbocycles. The quantitative estimate of drug-likeness (QED) is 0.377. The molecule has 26 heavy (non-hydrogen) atoms. The van der Waals surface area contributed by atoms with E-state index in [1.54, 1.807) is 12.1 Å². The van der Waals surface area contributed by atoms with E-state index in [1.165, 1.54) is 0 Å². The number of benzene rings is 2. The van der Waals surface area contributed by atoms with Gasteiger partial charge in [0.15, 0.2) is 6.10 Å². The highest BCUT2D eigenvalue weighted by atomic mass is 35.5. The normalized spacial score (nSPS) is 12.2. The Bertz CT molecular complexity index is 933. The topological polar surface area (TPSA) is 132 Å². The van der Waals surface area contributed by atoms with Gasteiger partial charge in [-0.15, -0.1) is 12.4 Å². The van der Waals surface area contributed by atoms with Crippen molar-refractivity contribution in [3.63, 3.8) is 0 Å². The van der Waals surface area contributed by atoms with Crippen molar-refractivity contribution >= 4 is 40.2 Å². The zero-order chi connectivity index (χ0) is 18.0. The largest absolute Gasteiger partial charge is 0.490 e. The van der Waals surface area contributed by atoms with E-state index in [2.05, 4.69) is 4.98 Å². The van der Waals surface area contributed by atoms with E-state index >= 15 is 0 Å². The molecule has 0 radical (unpaired) electrons. The maximum atomic E-state index is 11.1. The summed E-state index contributed by atoms with van der Waals surface area (Å²) in [7, 11) is 0. The molecule has 0 aliphatic heterocycles. The summed E-state index contributed by atoms with van der Waals surface area (Å²) in [4.78, 5) is 15.7. The third-order valence-corrected chi connectivity index (χ3v) is 3.88. The van der Waals surface area contributed by atoms with Crippen LogP contribution >= 0.6 is 12.4 Å². The lowest BCUT2D eigenvalue weighted by atomic mass is 9.99. The molecule has 0 saturated carbocycles. The molecule has 8 heteroatoms. The monoisotopic (exact) mass is 377 g/mol. The molecule has 1 heterocycles. The number of carboxylic acid groups (broad SMARTS) is 1. The molecule has 0 saturated heterocycles. The summed E-state index contributed by atoms with van der Waals surface area (Å²) in [6, 6.07) is 13.0. The molecule has 6 N–H and O–H groups in total. The number of ether oxygens (including phenoxy) is 1. The number of nitrogens with zero attached hydrogens (tertiary/aromatic N) is 1. The lowest BCUT2D eigenvalue weighted by Gasteiger charge is -2.17. The van der Waals surface area contributed by atoms with Crippen LogP contribution in [0.15, 0.2) is 42.5 Å². The average molecular weight is 378 g/mol. The Balaban J connectivity index is 0.00000243. The third-order valence-electron chi connectivity index (χ3n) is 3.88. The first kappa shape index (κ1) is 19.9. The number of aromatic nitrogens is 1. The van der Waals surface area contributed by atoms with Crippen LogP contribution in [0.1, 0.15) is 5.56 Å². The number of para-hydroxylation sites is 1. The Morgan fingerprint density at radius 2 is 1.88 bits per heavy atom. The average Bonchev–Trinajstić information content (AvgIpc) is 2.59. The number of aliphatic hydroxyl groups is 1. The van der Waals surface area contributed by atoms with Crippen molar-refractivity contribution in [2.24, 2.45) is 11.5 Å². The molecule has 0 bridgehead atoms. The fourth-order valence-electron chi connectivity index (χ4n) is 2.70. The Labute approximate surface area is 156 Å². The van der Waals surface area contributed by atoms with Crippen LogP contribution in [0.4, 0.5) is 0 Å². The predicted molar refractivity (Wildman–Crippen MR) is 102 cm³/mol. The summed E-state index contributed by atoms with van der Waals surface area (Å²) >= 11 is 0. The van der Waals surface area contributed by atoms with Crippen molar-refractivity contribution in [3.8, 4) is 5.75 Å². The van der Waals surface area contributed by atoms with E-state index in [-0.39, 0.29) is 25.4 Å². The first-order chi connectivity index (χ1) is 12.0. The van der Waals surface area contributed by atoms with Gasteiger partial charge in [0.2, 0.25) is 0 Å². The Kier molecular flexibility index (Phi) is 6.33. The number of aliphatic hydroxyl groups excluding tert-OH is 1. The molecule has 3 aromatic rings. The lowest BCUT2D eigenvalue weighted by Crippen LogP contribution is -2.36. The van der Waals surface area contributed by atoms with Gasteiger partial charge in [0, 0.05) is 22.8 Å². The van der Waals surface area contributed by atoms with Crippen LogP contribution in [-0.2, 0) is 11.2 Å². The fraction of sp³-hybridized carbons (Fsp3) is 0.222. The summed E-state index contributed by atoms with van der Waals surface area (Å²) in [6.45, 7) is 0.0721. The van der Waals surface area contributed by atoms with Crippen LogP contribution in [0.5, 0.6) is 5.75 Å². The van der Waals surface area contributed by atoms with Crippen LogP contribution < -0.4 is 16.2 Å². The summed E-state index contributed by atoms with van der Waals surface area (Å²) in [5, 5.41) is 20.5. The van der Waals surface area contributed by atoms with Gasteiger partial charge in [-0.05, 0) is 24.3 Å². The van der Waals surface area contributed by atoms with Gasteiger partial charge in [0.05, 0.1) is 17.2 Å². The van der Waals surface area contributed by atoms with Crippen molar-refractivity contribution in [2.45, 2.75) is 18.7 Å². The third kappa shape index (κ3) is 4.20. The van der Waals surface area contributed by atoms with Crippen LogP contribution in [0, 0.1) is 0 Å². The maximum Gasteiger partial charge on any atom is 0.332 e. The highest BCUT2D eigenvalue weighted by Gasteiger charge is 2.20. The van der Waals surface area contributed by atoms with E-state index in [1.807, 2.05) is 30.3 Å². The number of halogens is 1. The molecule has 1 atom stereocenters. The van der Waals surface area contributed by atoms with Crippen molar-refractivity contribution in [1.29, 1.82) is 0 Å². The molecule has 2 aromatic carbocycles. The summed E-state index contributed by atoms with van der Waals surface area (Å²) in [5.41, 5.74) is 13.1. The van der Waals surface area contributed by atoms with Crippen molar-refractivity contribution in [2.75, 3.05) is 6.61 Å². The highest BCUT2D eigenvalue weighted by molar-refractivity contribution is 5.95. The molecule has 0 amide bonds. The van der Waals surface area contributed by atoms with Gasteiger partial charge in [0.1, 0.15) is 12.4 Å². The van der Waals surface area contributed by atoms with Gasteiger partial charge in [-0.3, -0.25) is 0 Å². The molecule has 1 unspecified atom stereocenters. The minimum atomic E-state index is -1.55. The number of hydrogen-bond donors (Lipinski definition) is 4. The fourth-order valence-corrected chi connectivity index (χ4v) is 2.70. The molecular formula is C18H20ClN3O4. The van der Waals surface area contributed by atoms with E-state index in [4.69, 9.17) is 21.3 Å². The highest BCUT2D eigenvalue weighted by Crippen LogP contribution is 2.31. The number of fused-ring (bicyclic) bond motifs is 2. The smallest absolute Gasteiger partial charge is 0.332 e. The molecule has 1 aromatic heterocycles. The van der Waals surface area contributed by atoms with Gasteiger partial charge in [-0.1, -0.05) is 18.2 Å². The van der Waals surface area contributed by atoms with E-state index in [9.17, 15) is 9.90 Å². The predicted octanol–water partition coefficient (Wildman–Crippen LogP) is 1.42. The van der Waals surface area contributed by atoms with Crippen LogP contribution in [0.2, 0.25) is 0 Å². The second-order valence-corrected chi connectivity index (χ2v) is 5.82. The van der Waals surface area contributed by atoms with Crippen LogP contribution in [-0.4, -0.2) is 40.0 Å². The standard InChI is InChI=1S/C18H19N3O4.ClH/c19-17(20)9-25-16-6-5-14-11(12(16)8-15(22)18(23)24)7-10-3-1-2-4-13(10)21-14;/h1-7,15,17,22H,8-9,19-20H2,(H,23,24);1H. The molecule has 0 spiro atoms. The van der Waals surface area contributed by atoms with Crippen molar-refractivity contribution < 1.29 is 19.7 Å². The second-order valence-electron chi connectivity index (χ2n) is 5.82. The van der Waals surface area contributed by atoms with Gasteiger partial charge < -0.3 is 26.4 Å². The molecule has 7 nitrogen and oxygen atoms in total. The summed E-state index contributed by atoms with van der Waals surface area (Å²) < 4.78 is 5.62. The first-order valence-corrected chi connectivity index (χ1v) is 7.82. The van der Waals surface area contributed by atoms with E-state index in [0.717, 1.165) is 16.3 Å². The molecule has 0 fully saturated rings. The number of carbonyl (C=O) groups is 1. The first-order valence-electron chi connectivity index (χ1n) is 7.82. The van der Waals surface area contributed by atoms with Crippen LogP contribution in [0.25, 0.3) is 21.8 Å². The number of hydrogen-bond acceptors (Lipinski definition) is 6. The molecular weight excluding hydrogens is 358 g/mol. The Morgan fingerprint density at radius 3 is 2.58 bits per heavy atom. The zero-order valence-electron chi connectivity index (χ0n) is 13.8. The van der Waals surface area contributed by atoms with E-state index in [0.29, 0.717) is 16.8 Å².